The standard InChI is InChI=1S/C8H14OS/c1-4-6-8(7(3)9)10-5-2/h5,9H,2,4,6H2,1,3H3/b8-7+. The van der Waals surface area contributed by atoms with Gasteiger partial charge in [0, 0.05) is 4.91 Å². The van der Waals surface area contributed by atoms with E-state index in [-0.39, 0.29) is 0 Å². The maximum atomic E-state index is 9.09. The van der Waals surface area contributed by atoms with Crippen molar-refractivity contribution in [1.82, 2.24) is 0 Å². The van der Waals surface area contributed by atoms with Crippen molar-refractivity contribution >= 4 is 11.8 Å². The number of aliphatic hydroxyl groups excluding tert-OH is 1. The van der Waals surface area contributed by atoms with E-state index in [2.05, 4.69) is 13.5 Å². The van der Waals surface area contributed by atoms with Crippen LogP contribution in [0.2, 0.25) is 0 Å². The molecule has 0 heterocycles. The third kappa shape index (κ3) is 3.62. The summed E-state index contributed by atoms with van der Waals surface area (Å²) < 4.78 is 0. The summed E-state index contributed by atoms with van der Waals surface area (Å²) in [6.07, 6.45) is 2.01. The Morgan fingerprint density at radius 1 is 1.70 bits per heavy atom. The minimum absolute atomic E-state index is 0.423. The van der Waals surface area contributed by atoms with Crippen molar-refractivity contribution in [1.29, 1.82) is 0 Å². The largest absolute Gasteiger partial charge is 0.512 e. The fourth-order valence-corrected chi connectivity index (χ4v) is 1.35. The zero-order chi connectivity index (χ0) is 7.98. The average molecular weight is 158 g/mol. The predicted octanol–water partition coefficient (Wildman–Crippen LogP) is 3.45. The molecule has 0 saturated heterocycles. The van der Waals surface area contributed by atoms with Crippen molar-refractivity contribution in [3.05, 3.63) is 22.7 Å². The third-order valence-electron chi connectivity index (χ3n) is 1.11. The van der Waals surface area contributed by atoms with E-state index in [9.17, 15) is 0 Å². The first-order valence-electron chi connectivity index (χ1n) is 3.38. The number of thioether (sulfide) groups is 1. The molecule has 10 heavy (non-hydrogen) atoms. The molecule has 2 heteroatoms. The number of hydrogen-bond donors (Lipinski definition) is 1. The quantitative estimate of drug-likeness (QED) is 0.632. The summed E-state index contributed by atoms with van der Waals surface area (Å²) in [4.78, 5) is 1.03. The Labute approximate surface area is 66.8 Å². The molecule has 1 nitrogen and oxygen atoms in total. The molecule has 1 N–H and O–H groups in total. The monoisotopic (exact) mass is 158 g/mol. The maximum absolute atomic E-state index is 9.09. The molecule has 0 unspecified atom stereocenters. The van der Waals surface area contributed by atoms with E-state index in [0.29, 0.717) is 5.76 Å². The first kappa shape index (κ1) is 9.63. The van der Waals surface area contributed by atoms with Crippen LogP contribution in [0.5, 0.6) is 0 Å². The molecule has 0 spiro atoms. The Hall–Kier alpha value is -0.370. The van der Waals surface area contributed by atoms with Gasteiger partial charge in [-0.2, -0.15) is 0 Å². The van der Waals surface area contributed by atoms with Gasteiger partial charge in [0.15, 0.2) is 0 Å². The molecule has 0 fully saturated rings. The summed E-state index contributed by atoms with van der Waals surface area (Å²) in [6.45, 7) is 7.38. The Morgan fingerprint density at radius 3 is 2.60 bits per heavy atom. The summed E-state index contributed by atoms with van der Waals surface area (Å²) in [5, 5.41) is 10.8. The first-order valence-corrected chi connectivity index (χ1v) is 4.26. The number of hydrogen-bond acceptors (Lipinski definition) is 2. The van der Waals surface area contributed by atoms with E-state index in [1.165, 1.54) is 11.8 Å². The van der Waals surface area contributed by atoms with Gasteiger partial charge in [0.1, 0.15) is 0 Å². The minimum Gasteiger partial charge on any atom is -0.512 e. The molecule has 0 aliphatic rings. The molecular formula is C8H14OS. The van der Waals surface area contributed by atoms with Crippen molar-refractivity contribution in [3.63, 3.8) is 0 Å². The normalized spacial score (nSPS) is 12.6. The minimum atomic E-state index is 0.423. The molecule has 0 radical (unpaired) electrons. The van der Waals surface area contributed by atoms with Crippen LogP contribution >= 0.6 is 11.8 Å². The second-order valence-corrected chi connectivity index (χ2v) is 3.10. The van der Waals surface area contributed by atoms with E-state index in [1.54, 1.807) is 12.3 Å². The molecule has 0 atom stereocenters. The lowest BCUT2D eigenvalue weighted by Gasteiger charge is -2.01. The van der Waals surface area contributed by atoms with Gasteiger partial charge in [0.2, 0.25) is 0 Å². The van der Waals surface area contributed by atoms with Crippen molar-refractivity contribution in [2.45, 2.75) is 26.7 Å². The molecule has 0 aromatic heterocycles. The van der Waals surface area contributed by atoms with Crippen molar-refractivity contribution < 1.29 is 5.11 Å². The molecule has 0 aromatic carbocycles. The van der Waals surface area contributed by atoms with Crippen molar-refractivity contribution in [2.24, 2.45) is 0 Å². The van der Waals surface area contributed by atoms with Crippen molar-refractivity contribution in [2.75, 3.05) is 0 Å². The second kappa shape index (κ2) is 5.42. The van der Waals surface area contributed by atoms with Gasteiger partial charge in [-0.1, -0.05) is 31.7 Å². The zero-order valence-electron chi connectivity index (χ0n) is 6.55. The molecule has 58 valence electrons. The summed E-state index contributed by atoms with van der Waals surface area (Å²) in [5.41, 5.74) is 0. The SMILES string of the molecule is C=CS/C(CCC)=C(\C)O. The van der Waals surface area contributed by atoms with E-state index in [1.807, 2.05) is 0 Å². The number of allylic oxidation sites excluding steroid dienone is 2. The topological polar surface area (TPSA) is 20.2 Å². The van der Waals surface area contributed by atoms with Crippen LogP contribution in [-0.2, 0) is 0 Å². The van der Waals surface area contributed by atoms with Gasteiger partial charge in [0.25, 0.3) is 0 Å². The zero-order valence-corrected chi connectivity index (χ0v) is 7.37. The number of rotatable bonds is 4. The summed E-state index contributed by atoms with van der Waals surface area (Å²) in [5.74, 6) is 0.423. The molecule has 0 aromatic rings. The van der Waals surface area contributed by atoms with Crippen LogP contribution in [0.25, 0.3) is 0 Å². The highest BCUT2D eigenvalue weighted by molar-refractivity contribution is 8.05. The van der Waals surface area contributed by atoms with E-state index in [0.717, 1.165) is 17.7 Å². The van der Waals surface area contributed by atoms with Crippen LogP contribution in [0.15, 0.2) is 22.7 Å². The van der Waals surface area contributed by atoms with Gasteiger partial charge in [-0.3, -0.25) is 0 Å². The highest BCUT2D eigenvalue weighted by Crippen LogP contribution is 2.23. The molecule has 0 bridgehead atoms. The predicted molar refractivity (Wildman–Crippen MR) is 48.0 cm³/mol. The lowest BCUT2D eigenvalue weighted by molar-refractivity contribution is 0.409. The van der Waals surface area contributed by atoms with Gasteiger partial charge < -0.3 is 5.11 Å². The van der Waals surface area contributed by atoms with Crippen LogP contribution < -0.4 is 0 Å². The van der Waals surface area contributed by atoms with E-state index >= 15 is 0 Å². The highest BCUT2D eigenvalue weighted by atomic mass is 32.2. The summed E-state index contributed by atoms with van der Waals surface area (Å²) in [7, 11) is 0. The molecule has 0 rings (SSSR count). The fourth-order valence-electron chi connectivity index (χ4n) is 0.653. The molecule has 0 aliphatic heterocycles. The first-order chi connectivity index (χ1) is 4.72. The fraction of sp³-hybridized carbons (Fsp3) is 0.500. The second-order valence-electron chi connectivity index (χ2n) is 2.04. The number of aliphatic hydroxyl groups is 1. The summed E-state index contributed by atoms with van der Waals surface area (Å²) >= 11 is 1.50. The third-order valence-corrected chi connectivity index (χ3v) is 2.06. The Morgan fingerprint density at radius 2 is 2.30 bits per heavy atom. The van der Waals surface area contributed by atoms with Gasteiger partial charge in [-0.05, 0) is 18.8 Å². The molecular weight excluding hydrogens is 144 g/mol. The van der Waals surface area contributed by atoms with Gasteiger partial charge in [-0.25, -0.2) is 0 Å². The Kier molecular flexibility index (Phi) is 5.22. The van der Waals surface area contributed by atoms with Crippen LogP contribution in [0, 0.1) is 0 Å². The van der Waals surface area contributed by atoms with Gasteiger partial charge in [-0.15, -0.1) is 0 Å². The van der Waals surface area contributed by atoms with Crippen LogP contribution in [-0.4, -0.2) is 5.11 Å². The van der Waals surface area contributed by atoms with E-state index < -0.39 is 0 Å². The maximum Gasteiger partial charge on any atom is 0.0989 e. The Balaban J connectivity index is 3.98. The smallest absolute Gasteiger partial charge is 0.0989 e. The Bertz CT molecular complexity index is 134. The lowest BCUT2D eigenvalue weighted by atomic mass is 10.3. The van der Waals surface area contributed by atoms with Gasteiger partial charge in [0.05, 0.1) is 5.76 Å². The average Bonchev–Trinajstić information content (AvgIpc) is 1.87. The molecule has 0 saturated carbocycles. The molecule has 0 amide bonds. The highest BCUT2D eigenvalue weighted by Gasteiger charge is 1.97. The van der Waals surface area contributed by atoms with Crippen LogP contribution in [0.1, 0.15) is 26.7 Å². The van der Waals surface area contributed by atoms with Crippen LogP contribution in [0.3, 0.4) is 0 Å². The molecule has 0 aliphatic carbocycles. The lowest BCUT2D eigenvalue weighted by Crippen LogP contribution is -1.81. The van der Waals surface area contributed by atoms with Gasteiger partial charge >= 0.3 is 0 Å². The summed E-state index contributed by atoms with van der Waals surface area (Å²) in [6, 6.07) is 0. The van der Waals surface area contributed by atoms with Crippen molar-refractivity contribution in [3.8, 4) is 0 Å². The van der Waals surface area contributed by atoms with E-state index in [4.69, 9.17) is 5.11 Å². The van der Waals surface area contributed by atoms with Crippen LogP contribution in [0.4, 0.5) is 0 Å².